The first kappa shape index (κ1) is 20.9. The molecule has 0 aliphatic rings. The fourth-order valence-electron chi connectivity index (χ4n) is 2.22. The number of hydrogen-bond donors (Lipinski definition) is 1. The fraction of sp³-hybridized carbons (Fsp3) is 0.875. The molecular formula is C16H29N3O2S. The summed E-state index contributed by atoms with van der Waals surface area (Å²) in [4.78, 5) is 0. The molecule has 0 rings (SSSR count). The van der Waals surface area contributed by atoms with Crippen molar-refractivity contribution in [3.8, 4) is 12.1 Å². The Kier molecular flexibility index (Phi) is 12.9. The topological polar surface area (TPSA) is 93.8 Å². The van der Waals surface area contributed by atoms with E-state index in [0.717, 1.165) is 57.8 Å². The van der Waals surface area contributed by atoms with Crippen LogP contribution in [-0.2, 0) is 10.0 Å². The van der Waals surface area contributed by atoms with Gasteiger partial charge in [-0.1, -0.05) is 51.9 Å². The lowest BCUT2D eigenvalue weighted by Crippen LogP contribution is -2.34. The zero-order chi connectivity index (χ0) is 16.7. The third kappa shape index (κ3) is 10.6. The van der Waals surface area contributed by atoms with Crippen molar-refractivity contribution in [2.75, 3.05) is 6.54 Å². The maximum Gasteiger partial charge on any atom is 0.227 e. The average molecular weight is 327 g/mol. The van der Waals surface area contributed by atoms with Crippen LogP contribution in [0.15, 0.2) is 0 Å². The Hall–Kier alpha value is -1.11. The van der Waals surface area contributed by atoms with Crippen molar-refractivity contribution in [3.05, 3.63) is 0 Å². The standard InChI is InChI=1S/C16H29N3O2S/c1-2-3-9-12-16(15-18)22(20,21)19-14-11-8-6-4-5-7-10-13-17/h16,19H,2-12,14H2,1H3. The smallest absolute Gasteiger partial charge is 0.214 e. The first-order valence-electron chi connectivity index (χ1n) is 8.33. The maximum atomic E-state index is 12.0. The highest BCUT2D eigenvalue weighted by Gasteiger charge is 2.23. The van der Waals surface area contributed by atoms with E-state index >= 15 is 0 Å². The highest BCUT2D eigenvalue weighted by atomic mass is 32.2. The molecule has 0 aromatic rings. The van der Waals surface area contributed by atoms with Gasteiger partial charge in [0.2, 0.25) is 10.0 Å². The molecule has 0 fully saturated rings. The van der Waals surface area contributed by atoms with Crippen LogP contribution in [0.1, 0.15) is 77.6 Å². The quantitative estimate of drug-likeness (QED) is 0.493. The minimum absolute atomic E-state index is 0.409. The Labute approximate surface area is 135 Å². The van der Waals surface area contributed by atoms with Crippen molar-refractivity contribution < 1.29 is 8.42 Å². The lowest BCUT2D eigenvalue weighted by molar-refractivity contribution is 0.553. The fourth-order valence-corrected chi connectivity index (χ4v) is 3.47. The molecule has 0 saturated heterocycles. The van der Waals surface area contributed by atoms with Crippen molar-refractivity contribution >= 4 is 10.0 Å². The molecule has 0 bridgehead atoms. The van der Waals surface area contributed by atoms with Crippen molar-refractivity contribution in [3.63, 3.8) is 0 Å². The number of unbranched alkanes of at least 4 members (excludes halogenated alkanes) is 8. The summed E-state index contributed by atoms with van der Waals surface area (Å²) >= 11 is 0. The van der Waals surface area contributed by atoms with E-state index in [0.29, 0.717) is 19.4 Å². The molecule has 1 N–H and O–H groups in total. The molecule has 0 aliphatic carbocycles. The molecule has 0 saturated carbocycles. The molecule has 1 unspecified atom stereocenters. The summed E-state index contributed by atoms with van der Waals surface area (Å²) in [6.45, 7) is 2.46. The number of nitrogens with one attached hydrogen (secondary N) is 1. The summed E-state index contributed by atoms with van der Waals surface area (Å²) in [6.07, 6.45) is 9.71. The van der Waals surface area contributed by atoms with E-state index in [4.69, 9.17) is 10.5 Å². The molecule has 126 valence electrons. The van der Waals surface area contributed by atoms with E-state index in [1.54, 1.807) is 0 Å². The summed E-state index contributed by atoms with van der Waals surface area (Å²) < 4.78 is 26.6. The predicted molar refractivity (Wildman–Crippen MR) is 88.4 cm³/mol. The monoisotopic (exact) mass is 327 g/mol. The van der Waals surface area contributed by atoms with Crippen LogP contribution in [0.4, 0.5) is 0 Å². The second-order valence-electron chi connectivity index (χ2n) is 5.58. The summed E-state index contributed by atoms with van der Waals surface area (Å²) in [5.74, 6) is 0. The molecule has 0 aromatic heterocycles. The van der Waals surface area contributed by atoms with Crippen LogP contribution in [0.3, 0.4) is 0 Å². The van der Waals surface area contributed by atoms with Crippen molar-refractivity contribution in [2.24, 2.45) is 0 Å². The minimum Gasteiger partial charge on any atom is -0.214 e. The van der Waals surface area contributed by atoms with Gasteiger partial charge in [-0.2, -0.15) is 10.5 Å². The molecule has 0 heterocycles. The van der Waals surface area contributed by atoms with Crippen LogP contribution in [-0.4, -0.2) is 20.2 Å². The lowest BCUT2D eigenvalue weighted by atomic mass is 10.1. The van der Waals surface area contributed by atoms with Crippen LogP contribution in [0, 0.1) is 22.7 Å². The number of sulfonamides is 1. The molecule has 22 heavy (non-hydrogen) atoms. The normalized spacial score (nSPS) is 12.5. The number of nitriles is 2. The van der Waals surface area contributed by atoms with Gasteiger partial charge in [-0.15, -0.1) is 0 Å². The third-order valence-corrected chi connectivity index (χ3v) is 5.30. The van der Waals surface area contributed by atoms with Crippen LogP contribution in [0.2, 0.25) is 0 Å². The van der Waals surface area contributed by atoms with E-state index in [1.165, 1.54) is 0 Å². The Morgan fingerprint density at radius 2 is 1.59 bits per heavy atom. The number of nitrogens with zero attached hydrogens (tertiary/aromatic N) is 2. The Bertz CT molecular complexity index is 449. The number of hydrogen-bond acceptors (Lipinski definition) is 4. The van der Waals surface area contributed by atoms with Gasteiger partial charge < -0.3 is 0 Å². The van der Waals surface area contributed by atoms with E-state index in [2.05, 4.69) is 17.7 Å². The molecule has 0 amide bonds. The molecule has 0 aromatic carbocycles. The van der Waals surface area contributed by atoms with E-state index < -0.39 is 15.3 Å². The van der Waals surface area contributed by atoms with E-state index in [-0.39, 0.29) is 0 Å². The SMILES string of the molecule is CCCCCC(C#N)S(=O)(=O)NCCCCCCCCC#N. The van der Waals surface area contributed by atoms with Crippen molar-refractivity contribution in [2.45, 2.75) is 82.8 Å². The minimum atomic E-state index is -3.50. The highest BCUT2D eigenvalue weighted by Crippen LogP contribution is 2.11. The largest absolute Gasteiger partial charge is 0.227 e. The Morgan fingerprint density at radius 3 is 2.18 bits per heavy atom. The van der Waals surface area contributed by atoms with Gasteiger partial charge in [0.25, 0.3) is 0 Å². The van der Waals surface area contributed by atoms with Crippen molar-refractivity contribution in [1.82, 2.24) is 4.72 Å². The van der Waals surface area contributed by atoms with Gasteiger partial charge >= 0.3 is 0 Å². The summed E-state index contributed by atoms with van der Waals surface area (Å²) in [5.41, 5.74) is 0. The Balaban J connectivity index is 3.79. The van der Waals surface area contributed by atoms with Crippen LogP contribution in [0.25, 0.3) is 0 Å². The average Bonchev–Trinajstić information content (AvgIpc) is 2.49. The summed E-state index contributed by atoms with van der Waals surface area (Å²) in [7, 11) is -3.50. The first-order valence-corrected chi connectivity index (χ1v) is 9.88. The molecule has 0 aliphatic heterocycles. The Morgan fingerprint density at radius 1 is 0.955 bits per heavy atom. The van der Waals surface area contributed by atoms with Gasteiger partial charge in [0, 0.05) is 13.0 Å². The van der Waals surface area contributed by atoms with E-state index in [9.17, 15) is 8.42 Å². The molecule has 0 spiro atoms. The van der Waals surface area contributed by atoms with Gasteiger partial charge in [0.1, 0.15) is 0 Å². The van der Waals surface area contributed by atoms with E-state index in [1.807, 2.05) is 6.07 Å². The molecule has 6 heteroatoms. The van der Waals surface area contributed by atoms with Gasteiger partial charge in [0.05, 0.1) is 12.1 Å². The van der Waals surface area contributed by atoms with Gasteiger partial charge in [-0.05, 0) is 19.3 Å². The second kappa shape index (κ2) is 13.5. The molecular weight excluding hydrogens is 298 g/mol. The predicted octanol–water partition coefficient (Wildman–Crippen LogP) is 3.63. The molecule has 1 atom stereocenters. The summed E-state index contributed by atoms with van der Waals surface area (Å²) in [6, 6.07) is 4.03. The van der Waals surface area contributed by atoms with Crippen molar-refractivity contribution in [1.29, 1.82) is 10.5 Å². The zero-order valence-electron chi connectivity index (χ0n) is 13.7. The maximum absolute atomic E-state index is 12.0. The van der Waals surface area contributed by atoms with Crippen LogP contribution in [0.5, 0.6) is 0 Å². The molecule has 0 radical (unpaired) electrons. The molecule has 5 nitrogen and oxygen atoms in total. The zero-order valence-corrected chi connectivity index (χ0v) is 14.5. The second-order valence-corrected chi connectivity index (χ2v) is 7.53. The number of rotatable bonds is 14. The third-order valence-electron chi connectivity index (χ3n) is 3.61. The van der Waals surface area contributed by atoms with Gasteiger partial charge in [0.15, 0.2) is 5.25 Å². The van der Waals surface area contributed by atoms with Crippen LogP contribution >= 0.6 is 0 Å². The summed E-state index contributed by atoms with van der Waals surface area (Å²) in [5, 5.41) is 16.5. The van der Waals surface area contributed by atoms with Crippen LogP contribution < -0.4 is 4.72 Å². The van der Waals surface area contributed by atoms with Gasteiger partial charge in [-0.3, -0.25) is 0 Å². The lowest BCUT2D eigenvalue weighted by Gasteiger charge is -2.11. The first-order chi connectivity index (χ1) is 10.6. The highest BCUT2D eigenvalue weighted by molar-refractivity contribution is 7.90. The van der Waals surface area contributed by atoms with Gasteiger partial charge in [-0.25, -0.2) is 13.1 Å².